The predicted octanol–water partition coefficient (Wildman–Crippen LogP) is 5.04. The molecule has 7 heteroatoms. The van der Waals surface area contributed by atoms with Crippen molar-refractivity contribution in [1.29, 1.82) is 0 Å². The molecule has 3 aromatic rings. The maximum atomic E-state index is 13.5. The van der Waals surface area contributed by atoms with Crippen LogP contribution in [0.15, 0.2) is 72.3 Å². The Labute approximate surface area is 215 Å². The van der Waals surface area contributed by atoms with Crippen LogP contribution < -0.4 is 14.2 Å². The number of ketones is 1. The van der Waals surface area contributed by atoms with Crippen molar-refractivity contribution >= 4 is 17.4 Å². The fourth-order valence-electron chi connectivity index (χ4n) is 5.07. The number of nitrogens with zero attached hydrogens (tertiary/aromatic N) is 1. The van der Waals surface area contributed by atoms with Gasteiger partial charge >= 0.3 is 0 Å². The molecule has 2 unspecified atom stereocenters. The van der Waals surface area contributed by atoms with Crippen LogP contribution in [0.4, 0.5) is 0 Å². The number of para-hydroxylation sites is 1. The Balaban J connectivity index is 1.64. The van der Waals surface area contributed by atoms with Gasteiger partial charge in [0, 0.05) is 17.5 Å². The molecule has 2 aliphatic rings. The number of rotatable bonds is 7. The zero-order chi connectivity index (χ0) is 26.1. The van der Waals surface area contributed by atoms with Crippen LogP contribution in [0.5, 0.6) is 17.2 Å². The van der Waals surface area contributed by atoms with E-state index >= 15 is 0 Å². The lowest BCUT2D eigenvalue weighted by Crippen LogP contribution is -2.29. The summed E-state index contributed by atoms with van der Waals surface area (Å²) in [7, 11) is 1.56. The molecule has 7 nitrogen and oxygen atoms in total. The molecular weight excluding hydrogens is 470 g/mol. The average Bonchev–Trinajstić information content (AvgIpc) is 3.40. The zero-order valence-corrected chi connectivity index (χ0v) is 21.1. The Hall–Kier alpha value is -4.26. The largest absolute Gasteiger partial charge is 0.507 e. The second-order valence-electron chi connectivity index (χ2n) is 9.20. The average molecular weight is 500 g/mol. The molecule has 1 saturated heterocycles. The molecular formula is C30H29NO6. The van der Waals surface area contributed by atoms with Crippen molar-refractivity contribution in [2.45, 2.75) is 39.0 Å². The van der Waals surface area contributed by atoms with Crippen LogP contribution in [0.1, 0.15) is 42.1 Å². The summed E-state index contributed by atoms with van der Waals surface area (Å²) in [6.07, 6.45) is 0.749. The minimum atomic E-state index is -0.811. The van der Waals surface area contributed by atoms with Gasteiger partial charge in [0.25, 0.3) is 11.7 Å². The van der Waals surface area contributed by atoms with Crippen molar-refractivity contribution in [1.82, 2.24) is 4.90 Å². The van der Waals surface area contributed by atoms with Crippen LogP contribution in [0.2, 0.25) is 0 Å². The molecule has 1 amide bonds. The van der Waals surface area contributed by atoms with Crippen molar-refractivity contribution in [3.05, 3.63) is 94.6 Å². The summed E-state index contributed by atoms with van der Waals surface area (Å²) in [5.41, 5.74) is 2.88. The van der Waals surface area contributed by atoms with Gasteiger partial charge in [0.1, 0.15) is 29.1 Å². The van der Waals surface area contributed by atoms with Crippen LogP contribution in [-0.2, 0) is 22.6 Å². The van der Waals surface area contributed by atoms with E-state index < -0.39 is 17.7 Å². The van der Waals surface area contributed by atoms with Crippen molar-refractivity contribution in [2.24, 2.45) is 0 Å². The third kappa shape index (κ3) is 4.53. The molecule has 3 aromatic carbocycles. The first kappa shape index (κ1) is 24.4. The van der Waals surface area contributed by atoms with E-state index in [-0.39, 0.29) is 24.0 Å². The number of carbonyl (C=O) groups excluding carboxylic acids is 2. The number of aliphatic hydroxyl groups is 1. The summed E-state index contributed by atoms with van der Waals surface area (Å²) in [4.78, 5) is 28.4. The highest BCUT2D eigenvalue weighted by Gasteiger charge is 2.46. The fourth-order valence-corrected chi connectivity index (χ4v) is 5.07. The van der Waals surface area contributed by atoms with Crippen molar-refractivity contribution in [3.63, 3.8) is 0 Å². The monoisotopic (exact) mass is 499 g/mol. The van der Waals surface area contributed by atoms with Gasteiger partial charge in [0.15, 0.2) is 0 Å². The first-order valence-corrected chi connectivity index (χ1v) is 12.3. The normalized spacial score (nSPS) is 20.0. The van der Waals surface area contributed by atoms with E-state index in [1.807, 2.05) is 62.4 Å². The zero-order valence-electron chi connectivity index (χ0n) is 21.1. The SMILES string of the molecule is CCOc1cccc(C2/C(=C(/O)c3ccc4c(c3)CC(C)O4)C(=O)C(=O)N2Cc2ccccc2OC)c1. The lowest BCUT2D eigenvalue weighted by molar-refractivity contribution is -0.140. The minimum absolute atomic E-state index is 0.0418. The number of likely N-dealkylation sites (tertiary alicyclic amines) is 1. The molecule has 1 fully saturated rings. The molecule has 0 radical (unpaired) electrons. The van der Waals surface area contributed by atoms with Gasteiger partial charge in [-0.25, -0.2) is 0 Å². The number of carbonyl (C=O) groups is 2. The molecule has 0 saturated carbocycles. The van der Waals surface area contributed by atoms with Gasteiger partial charge in [-0.05, 0) is 61.4 Å². The highest BCUT2D eigenvalue weighted by atomic mass is 16.5. The lowest BCUT2D eigenvalue weighted by Gasteiger charge is -2.26. The first-order valence-electron chi connectivity index (χ1n) is 12.3. The van der Waals surface area contributed by atoms with Crippen LogP contribution in [0.25, 0.3) is 5.76 Å². The maximum Gasteiger partial charge on any atom is 0.295 e. The van der Waals surface area contributed by atoms with Crippen molar-refractivity contribution in [3.8, 4) is 17.2 Å². The molecule has 0 bridgehead atoms. The van der Waals surface area contributed by atoms with Crippen LogP contribution in [-0.4, -0.2) is 41.5 Å². The third-order valence-electron chi connectivity index (χ3n) is 6.73. The number of methoxy groups -OCH3 is 1. The van der Waals surface area contributed by atoms with Gasteiger partial charge in [0.2, 0.25) is 0 Å². The Morgan fingerprint density at radius 2 is 1.89 bits per heavy atom. The summed E-state index contributed by atoms with van der Waals surface area (Å²) < 4.78 is 17.0. The highest BCUT2D eigenvalue weighted by molar-refractivity contribution is 6.46. The number of benzene rings is 3. The minimum Gasteiger partial charge on any atom is -0.507 e. The molecule has 0 aliphatic carbocycles. The molecule has 5 rings (SSSR count). The summed E-state index contributed by atoms with van der Waals surface area (Å²) in [5, 5.41) is 11.5. The molecule has 0 aromatic heterocycles. The number of amides is 1. The van der Waals surface area contributed by atoms with Crippen molar-refractivity contribution in [2.75, 3.05) is 13.7 Å². The smallest absolute Gasteiger partial charge is 0.295 e. The number of ether oxygens (including phenoxy) is 3. The maximum absolute atomic E-state index is 13.5. The number of hydrogen-bond donors (Lipinski definition) is 1. The van der Waals surface area contributed by atoms with Gasteiger partial charge in [0.05, 0.1) is 31.9 Å². The van der Waals surface area contributed by atoms with E-state index in [1.54, 1.807) is 25.3 Å². The van der Waals surface area contributed by atoms with Gasteiger partial charge in [-0.3, -0.25) is 9.59 Å². The molecule has 0 spiro atoms. The first-order chi connectivity index (χ1) is 17.9. The topological polar surface area (TPSA) is 85.3 Å². The fraction of sp³-hybridized carbons (Fsp3) is 0.267. The standard InChI is InChI=1S/C30H29NO6/c1-4-36-23-10-7-9-19(16-23)27-26(28(32)20-12-13-25-22(15-20)14-18(2)37-25)29(33)30(34)31(27)17-21-8-5-6-11-24(21)35-3/h5-13,15-16,18,27,32H,4,14,17H2,1-3H3/b28-26-. The Morgan fingerprint density at radius 1 is 1.08 bits per heavy atom. The van der Waals surface area contributed by atoms with Gasteiger partial charge in [-0.2, -0.15) is 0 Å². The predicted molar refractivity (Wildman–Crippen MR) is 139 cm³/mol. The van der Waals surface area contributed by atoms with Gasteiger partial charge in [-0.15, -0.1) is 0 Å². The third-order valence-corrected chi connectivity index (χ3v) is 6.73. The summed E-state index contributed by atoms with van der Waals surface area (Å²) in [5.74, 6) is 0.365. The van der Waals surface area contributed by atoms with Crippen LogP contribution >= 0.6 is 0 Å². The summed E-state index contributed by atoms with van der Waals surface area (Å²) >= 11 is 0. The summed E-state index contributed by atoms with van der Waals surface area (Å²) in [6, 6.07) is 19.2. The molecule has 37 heavy (non-hydrogen) atoms. The molecule has 1 N–H and O–H groups in total. The lowest BCUT2D eigenvalue weighted by atomic mass is 9.94. The van der Waals surface area contributed by atoms with Crippen molar-refractivity contribution < 1.29 is 28.9 Å². The van der Waals surface area contributed by atoms with Gasteiger partial charge < -0.3 is 24.2 Å². The van der Waals surface area contributed by atoms with Crippen LogP contribution in [0.3, 0.4) is 0 Å². The van der Waals surface area contributed by atoms with Gasteiger partial charge in [-0.1, -0.05) is 30.3 Å². The number of Topliss-reactive ketones (excluding diaryl/α,β-unsaturated/α-hetero) is 1. The number of hydrogen-bond acceptors (Lipinski definition) is 6. The molecule has 2 heterocycles. The van der Waals surface area contributed by atoms with Crippen LogP contribution in [0, 0.1) is 0 Å². The number of aliphatic hydroxyl groups excluding tert-OH is 1. The Kier molecular flexibility index (Phi) is 6.61. The highest BCUT2D eigenvalue weighted by Crippen LogP contribution is 2.42. The van der Waals surface area contributed by atoms with E-state index in [1.165, 1.54) is 4.90 Å². The molecule has 190 valence electrons. The molecule has 2 atom stereocenters. The number of fused-ring (bicyclic) bond motifs is 1. The van der Waals surface area contributed by atoms with E-state index in [0.29, 0.717) is 35.7 Å². The second kappa shape index (κ2) is 10.0. The van der Waals surface area contributed by atoms with E-state index in [0.717, 1.165) is 16.9 Å². The molecule has 2 aliphatic heterocycles. The van der Waals surface area contributed by atoms with E-state index in [2.05, 4.69) is 0 Å². The second-order valence-corrected chi connectivity index (χ2v) is 9.20. The summed E-state index contributed by atoms with van der Waals surface area (Å²) in [6.45, 7) is 4.47. The quantitative estimate of drug-likeness (QED) is 0.279. The Morgan fingerprint density at radius 3 is 2.68 bits per heavy atom. The van der Waals surface area contributed by atoms with E-state index in [9.17, 15) is 14.7 Å². The van der Waals surface area contributed by atoms with E-state index in [4.69, 9.17) is 14.2 Å². The Bertz CT molecular complexity index is 1390.